The average Bonchev–Trinajstić information content (AvgIpc) is 2.66. The molecule has 0 radical (unpaired) electrons. The maximum atomic E-state index is 11.9. The Bertz CT molecular complexity index is 1470. The molecule has 0 atom stereocenters. The molecule has 6 N–H and O–H groups in total. The van der Waals surface area contributed by atoms with Crippen LogP contribution in [0, 0.1) is 12.5 Å². The van der Waals surface area contributed by atoms with Crippen molar-refractivity contribution in [1.29, 1.82) is 5.53 Å². The van der Waals surface area contributed by atoms with Crippen molar-refractivity contribution in [3.8, 4) is 5.75 Å². The lowest BCUT2D eigenvalue weighted by Gasteiger charge is -2.13. The van der Waals surface area contributed by atoms with Crippen LogP contribution >= 0.6 is 0 Å². The van der Waals surface area contributed by atoms with E-state index in [4.69, 9.17) is 11.3 Å². The Balaban J connectivity index is 2.41. The van der Waals surface area contributed by atoms with Gasteiger partial charge < -0.3 is 10.8 Å². The van der Waals surface area contributed by atoms with Crippen LogP contribution in [0.25, 0.3) is 10.8 Å². The summed E-state index contributed by atoms with van der Waals surface area (Å²) in [5.74, 6) is -0.856. The molecule has 0 saturated carbocycles. The molecule has 0 bridgehead atoms. The molecule has 0 spiro atoms. The topological polar surface area (TPSA) is 216 Å². The van der Waals surface area contributed by atoms with Crippen LogP contribution in [0.1, 0.15) is 5.56 Å². The first-order valence-electron chi connectivity index (χ1n) is 8.27. The molecule has 3 aromatic carbocycles. The maximum absolute atomic E-state index is 11.9. The van der Waals surface area contributed by atoms with Crippen molar-refractivity contribution in [2.75, 3.05) is 5.73 Å². The van der Waals surface area contributed by atoms with Gasteiger partial charge in [0.05, 0.1) is 16.8 Å². The summed E-state index contributed by atoms with van der Waals surface area (Å²) in [6, 6.07) is 8.14. The number of aromatic hydroxyl groups is 1. The SMILES string of the molecule is Cc1ccc(N=Nc2c(S(=O)(=O)O)cc3cc(S(=O)(=O)O)c(N=N)c(N)c3c2O)cc1. The van der Waals surface area contributed by atoms with Crippen molar-refractivity contribution >= 4 is 53.8 Å². The summed E-state index contributed by atoms with van der Waals surface area (Å²) in [4.78, 5) is -1.77. The summed E-state index contributed by atoms with van der Waals surface area (Å²) < 4.78 is 66.0. The fourth-order valence-corrected chi connectivity index (χ4v) is 4.17. The van der Waals surface area contributed by atoms with Gasteiger partial charge >= 0.3 is 0 Å². The van der Waals surface area contributed by atoms with E-state index in [0.29, 0.717) is 5.69 Å². The van der Waals surface area contributed by atoms with E-state index in [-0.39, 0.29) is 10.8 Å². The number of phenols is 1. The molecule has 12 nitrogen and oxygen atoms in total. The molecule has 0 aliphatic carbocycles. The van der Waals surface area contributed by atoms with E-state index in [1.807, 2.05) is 6.92 Å². The smallest absolute Gasteiger partial charge is 0.296 e. The van der Waals surface area contributed by atoms with Crippen LogP contribution in [0.15, 0.2) is 61.5 Å². The third-order valence-corrected chi connectivity index (χ3v) is 6.02. The Morgan fingerprint density at radius 3 is 1.90 bits per heavy atom. The summed E-state index contributed by atoms with van der Waals surface area (Å²) in [5.41, 5.74) is 12.4. The number of azo groups is 1. The minimum atomic E-state index is -4.96. The van der Waals surface area contributed by atoms with Gasteiger partial charge in [0, 0.05) is 0 Å². The number of rotatable bonds is 5. The van der Waals surface area contributed by atoms with Crippen molar-refractivity contribution in [3.63, 3.8) is 0 Å². The largest absolute Gasteiger partial charge is 0.505 e. The Morgan fingerprint density at radius 2 is 1.42 bits per heavy atom. The second-order valence-electron chi connectivity index (χ2n) is 6.40. The molecule has 3 aromatic rings. The summed E-state index contributed by atoms with van der Waals surface area (Å²) in [5, 5.41) is 20.7. The number of aryl methyl sites for hydroxylation is 1. The Labute approximate surface area is 176 Å². The first kappa shape index (κ1) is 22.2. The van der Waals surface area contributed by atoms with Gasteiger partial charge in [0.1, 0.15) is 21.2 Å². The first-order chi connectivity index (χ1) is 14.3. The third kappa shape index (κ3) is 4.22. The number of hydrogen-bond acceptors (Lipinski definition) is 10. The van der Waals surface area contributed by atoms with E-state index >= 15 is 0 Å². The number of nitrogens with one attached hydrogen (secondary N) is 1. The fourth-order valence-electron chi connectivity index (χ4n) is 2.84. The predicted octanol–water partition coefficient (Wildman–Crippen LogP) is 4.01. The molecule has 0 aliphatic heterocycles. The number of nitrogen functional groups attached to an aromatic ring is 1. The highest BCUT2D eigenvalue weighted by molar-refractivity contribution is 7.86. The van der Waals surface area contributed by atoms with Crippen molar-refractivity contribution in [3.05, 3.63) is 42.0 Å². The van der Waals surface area contributed by atoms with Crippen molar-refractivity contribution in [1.82, 2.24) is 0 Å². The standard InChI is InChI=1S/C17H15N5O7S2/c1-8-2-4-10(5-3-8)21-22-16-12(31(27,28)29)7-9-6-11(30(24,25)26)15(20-19)14(18)13(9)17(16)23/h2-7,19,23H,18H2,1H3,(H,24,25,26)(H,27,28,29). The number of nitrogens with zero attached hydrogens (tertiary/aromatic N) is 3. The normalized spacial score (nSPS) is 12.5. The van der Waals surface area contributed by atoms with Crippen molar-refractivity contribution < 1.29 is 31.0 Å². The zero-order chi connectivity index (χ0) is 23.1. The van der Waals surface area contributed by atoms with Crippen LogP contribution in [0.5, 0.6) is 5.75 Å². The van der Waals surface area contributed by atoms with E-state index in [1.54, 1.807) is 24.3 Å². The van der Waals surface area contributed by atoms with Crippen LogP contribution in [-0.4, -0.2) is 31.0 Å². The summed E-state index contributed by atoms with van der Waals surface area (Å²) >= 11 is 0. The van der Waals surface area contributed by atoms with Gasteiger partial charge in [0.25, 0.3) is 20.2 Å². The lowest BCUT2D eigenvalue weighted by molar-refractivity contribution is 0.472. The summed E-state index contributed by atoms with van der Waals surface area (Å²) in [6.07, 6.45) is 0. The Kier molecular flexibility index (Phi) is 5.49. The number of benzene rings is 3. The zero-order valence-electron chi connectivity index (χ0n) is 15.7. The molecule has 14 heteroatoms. The zero-order valence-corrected chi connectivity index (χ0v) is 17.3. The number of nitrogens with two attached hydrogens (primary N) is 1. The lowest BCUT2D eigenvalue weighted by Crippen LogP contribution is -2.03. The maximum Gasteiger partial charge on any atom is 0.296 e. The quantitative estimate of drug-likeness (QED) is 0.210. The average molecular weight is 465 g/mol. The number of anilines is 1. The highest BCUT2D eigenvalue weighted by Gasteiger charge is 2.27. The minimum Gasteiger partial charge on any atom is -0.505 e. The van der Waals surface area contributed by atoms with E-state index in [0.717, 1.165) is 17.7 Å². The van der Waals surface area contributed by atoms with Gasteiger partial charge in [-0.3, -0.25) is 9.11 Å². The van der Waals surface area contributed by atoms with Crippen LogP contribution in [0.4, 0.5) is 22.7 Å². The second kappa shape index (κ2) is 7.66. The third-order valence-electron chi connectivity index (χ3n) is 4.28. The Morgan fingerprint density at radius 1 is 0.903 bits per heavy atom. The molecule has 0 aliphatic rings. The van der Waals surface area contributed by atoms with Gasteiger partial charge in [-0.15, -0.1) is 5.11 Å². The fraction of sp³-hybridized carbons (Fsp3) is 0.0588. The molecule has 162 valence electrons. The van der Waals surface area contributed by atoms with Crippen molar-refractivity contribution in [2.24, 2.45) is 15.3 Å². The molecular formula is C17H15N5O7S2. The predicted molar refractivity (Wildman–Crippen MR) is 110 cm³/mol. The minimum absolute atomic E-state index is 0.281. The molecular weight excluding hydrogens is 450 g/mol. The molecule has 0 fully saturated rings. The van der Waals surface area contributed by atoms with Crippen LogP contribution in [0.2, 0.25) is 0 Å². The molecule has 31 heavy (non-hydrogen) atoms. The molecule has 0 amide bonds. The lowest BCUT2D eigenvalue weighted by atomic mass is 10.1. The van der Waals surface area contributed by atoms with E-state index in [1.165, 1.54) is 0 Å². The monoisotopic (exact) mass is 465 g/mol. The molecule has 0 heterocycles. The number of phenolic OH excluding ortho intramolecular Hbond substituents is 1. The van der Waals surface area contributed by atoms with Gasteiger partial charge in [-0.05, 0) is 36.6 Å². The first-order valence-corrected chi connectivity index (χ1v) is 11.2. The number of hydrogen-bond donors (Lipinski definition) is 5. The summed E-state index contributed by atoms with van der Waals surface area (Å²) in [6.45, 7) is 1.84. The van der Waals surface area contributed by atoms with E-state index in [2.05, 4.69) is 15.3 Å². The van der Waals surface area contributed by atoms with Gasteiger partial charge in [-0.2, -0.15) is 27.1 Å². The van der Waals surface area contributed by atoms with E-state index in [9.17, 15) is 31.0 Å². The highest BCUT2D eigenvalue weighted by atomic mass is 32.2. The summed E-state index contributed by atoms with van der Waals surface area (Å²) in [7, 11) is -9.87. The van der Waals surface area contributed by atoms with Crippen molar-refractivity contribution in [2.45, 2.75) is 16.7 Å². The van der Waals surface area contributed by atoms with Gasteiger partial charge in [0.2, 0.25) is 0 Å². The van der Waals surface area contributed by atoms with Gasteiger partial charge in [0.15, 0.2) is 5.75 Å². The highest BCUT2D eigenvalue weighted by Crippen LogP contribution is 2.47. The van der Waals surface area contributed by atoms with E-state index < -0.39 is 52.8 Å². The van der Waals surface area contributed by atoms with Gasteiger partial charge in [-0.1, -0.05) is 17.7 Å². The number of fused-ring (bicyclic) bond motifs is 1. The van der Waals surface area contributed by atoms with Crippen LogP contribution in [-0.2, 0) is 20.2 Å². The van der Waals surface area contributed by atoms with Crippen LogP contribution < -0.4 is 5.73 Å². The molecule has 0 aromatic heterocycles. The Hall–Kier alpha value is -3.46. The second-order valence-corrected chi connectivity index (χ2v) is 9.18. The molecule has 3 rings (SSSR count). The van der Waals surface area contributed by atoms with Crippen LogP contribution in [0.3, 0.4) is 0 Å². The van der Waals surface area contributed by atoms with Gasteiger partial charge in [-0.25, -0.2) is 5.53 Å². The molecule has 0 unspecified atom stereocenters. The molecule has 0 saturated heterocycles.